The van der Waals surface area contributed by atoms with E-state index in [0.29, 0.717) is 32.6 Å². The van der Waals surface area contributed by atoms with Gasteiger partial charge in [-0.1, -0.05) is 18.2 Å². The van der Waals surface area contributed by atoms with Crippen molar-refractivity contribution in [1.29, 1.82) is 0 Å². The number of para-hydroxylation sites is 1. The van der Waals surface area contributed by atoms with E-state index in [2.05, 4.69) is 5.32 Å². The summed E-state index contributed by atoms with van der Waals surface area (Å²) in [6.45, 7) is 5.35. The second-order valence-corrected chi connectivity index (χ2v) is 6.13. The Bertz CT molecular complexity index is 468. The summed E-state index contributed by atoms with van der Waals surface area (Å²) >= 11 is 0. The molecule has 0 aromatic heterocycles. The topological polar surface area (TPSA) is 73.6 Å². The number of hydrogen-bond acceptors (Lipinski definition) is 4. The van der Waals surface area contributed by atoms with Crippen LogP contribution in [0.1, 0.15) is 26.7 Å². The number of carbonyl (C=O) groups is 1. The summed E-state index contributed by atoms with van der Waals surface area (Å²) in [7, 11) is 0. The van der Waals surface area contributed by atoms with Gasteiger partial charge in [0.15, 0.2) is 0 Å². The van der Waals surface area contributed by atoms with Gasteiger partial charge < -0.3 is 20.5 Å². The number of nitrogens with two attached hydrogens (primary N) is 1. The van der Waals surface area contributed by atoms with Gasteiger partial charge in [0.1, 0.15) is 11.4 Å². The molecule has 5 nitrogen and oxygen atoms in total. The number of benzene rings is 1. The smallest absolute Gasteiger partial charge is 0.240 e. The van der Waals surface area contributed by atoms with Crippen molar-refractivity contribution in [2.24, 2.45) is 5.73 Å². The highest BCUT2D eigenvalue weighted by molar-refractivity contribution is 5.86. The quantitative estimate of drug-likeness (QED) is 0.862. The molecule has 1 fully saturated rings. The average Bonchev–Trinajstić information content (AvgIpc) is 2.46. The summed E-state index contributed by atoms with van der Waals surface area (Å²) in [6.07, 6.45) is 1.11. The van der Waals surface area contributed by atoms with Crippen LogP contribution in [0.15, 0.2) is 30.3 Å². The van der Waals surface area contributed by atoms with E-state index in [1.54, 1.807) is 0 Å². The van der Waals surface area contributed by atoms with E-state index in [1.807, 2.05) is 44.2 Å². The van der Waals surface area contributed by atoms with E-state index in [-0.39, 0.29) is 5.91 Å². The third-order valence-electron chi connectivity index (χ3n) is 3.65. The van der Waals surface area contributed by atoms with E-state index < -0.39 is 11.1 Å². The van der Waals surface area contributed by atoms with E-state index in [0.717, 1.165) is 5.75 Å². The summed E-state index contributed by atoms with van der Waals surface area (Å²) < 4.78 is 11.1. The van der Waals surface area contributed by atoms with Crippen molar-refractivity contribution in [3.63, 3.8) is 0 Å². The van der Waals surface area contributed by atoms with Crippen molar-refractivity contribution < 1.29 is 14.3 Å². The number of ether oxygens (including phenoxy) is 2. The van der Waals surface area contributed by atoms with Crippen LogP contribution in [0, 0.1) is 0 Å². The van der Waals surface area contributed by atoms with Gasteiger partial charge in [0.25, 0.3) is 0 Å². The van der Waals surface area contributed by atoms with E-state index >= 15 is 0 Å². The van der Waals surface area contributed by atoms with Crippen LogP contribution in [0.25, 0.3) is 0 Å². The molecule has 1 heterocycles. The van der Waals surface area contributed by atoms with E-state index in [4.69, 9.17) is 15.2 Å². The van der Waals surface area contributed by atoms with Crippen molar-refractivity contribution in [3.05, 3.63) is 30.3 Å². The normalized spacial score (nSPS) is 18.0. The molecule has 21 heavy (non-hydrogen) atoms. The van der Waals surface area contributed by atoms with Gasteiger partial charge in [0, 0.05) is 13.2 Å². The molecule has 0 aliphatic carbocycles. The van der Waals surface area contributed by atoms with Gasteiger partial charge in [-0.15, -0.1) is 0 Å². The van der Waals surface area contributed by atoms with Crippen molar-refractivity contribution in [3.8, 4) is 5.75 Å². The molecule has 1 saturated heterocycles. The monoisotopic (exact) mass is 292 g/mol. The molecule has 2 rings (SSSR count). The molecule has 0 radical (unpaired) electrons. The summed E-state index contributed by atoms with van der Waals surface area (Å²) in [6, 6.07) is 9.56. The predicted octanol–water partition coefficient (Wildman–Crippen LogP) is 1.47. The fourth-order valence-electron chi connectivity index (χ4n) is 2.28. The second kappa shape index (κ2) is 6.45. The van der Waals surface area contributed by atoms with Crippen LogP contribution in [0.5, 0.6) is 5.75 Å². The molecule has 0 spiro atoms. The number of hydrogen-bond donors (Lipinski definition) is 2. The Morgan fingerprint density at radius 2 is 1.95 bits per heavy atom. The lowest BCUT2D eigenvalue weighted by atomic mass is 9.90. The Kier molecular flexibility index (Phi) is 4.85. The molecule has 1 aliphatic rings. The third-order valence-corrected chi connectivity index (χ3v) is 3.65. The highest BCUT2D eigenvalue weighted by Gasteiger charge is 2.36. The number of rotatable bonds is 5. The van der Waals surface area contributed by atoms with Gasteiger partial charge >= 0.3 is 0 Å². The molecule has 1 aliphatic heterocycles. The van der Waals surface area contributed by atoms with Crippen molar-refractivity contribution in [2.45, 2.75) is 37.8 Å². The van der Waals surface area contributed by atoms with Crippen LogP contribution in [0.4, 0.5) is 0 Å². The average molecular weight is 292 g/mol. The summed E-state index contributed by atoms with van der Waals surface area (Å²) in [5.74, 6) is 0.654. The highest BCUT2D eigenvalue weighted by Crippen LogP contribution is 2.20. The number of carbonyl (C=O) groups excluding carboxylic acids is 1. The summed E-state index contributed by atoms with van der Waals surface area (Å²) in [5.41, 5.74) is 4.83. The largest absolute Gasteiger partial charge is 0.486 e. The zero-order valence-electron chi connectivity index (χ0n) is 12.7. The van der Waals surface area contributed by atoms with Crippen LogP contribution in [0.2, 0.25) is 0 Å². The van der Waals surface area contributed by atoms with Crippen LogP contribution >= 0.6 is 0 Å². The van der Waals surface area contributed by atoms with Gasteiger partial charge in [-0.3, -0.25) is 4.79 Å². The number of nitrogens with one attached hydrogen (secondary N) is 1. The molecule has 0 atom stereocenters. The maximum absolute atomic E-state index is 12.3. The predicted molar refractivity (Wildman–Crippen MR) is 81.1 cm³/mol. The molecule has 0 saturated carbocycles. The first kappa shape index (κ1) is 15.8. The maximum Gasteiger partial charge on any atom is 0.240 e. The molecule has 1 amide bonds. The Morgan fingerprint density at radius 3 is 2.57 bits per heavy atom. The lowest BCUT2D eigenvalue weighted by Crippen LogP contribution is -2.58. The van der Waals surface area contributed by atoms with Crippen molar-refractivity contribution in [2.75, 3.05) is 19.8 Å². The Balaban J connectivity index is 1.87. The summed E-state index contributed by atoms with van der Waals surface area (Å²) in [5, 5.41) is 2.91. The summed E-state index contributed by atoms with van der Waals surface area (Å²) in [4.78, 5) is 12.3. The van der Waals surface area contributed by atoms with Crippen molar-refractivity contribution in [1.82, 2.24) is 5.32 Å². The Hall–Kier alpha value is -1.59. The lowest BCUT2D eigenvalue weighted by molar-refractivity contribution is -0.130. The minimum Gasteiger partial charge on any atom is -0.486 e. The first-order chi connectivity index (χ1) is 9.91. The highest BCUT2D eigenvalue weighted by atomic mass is 16.5. The second-order valence-electron chi connectivity index (χ2n) is 6.13. The minimum atomic E-state index is -0.818. The molecular weight excluding hydrogens is 268 g/mol. The number of amides is 1. The molecule has 116 valence electrons. The zero-order chi connectivity index (χ0) is 15.3. The van der Waals surface area contributed by atoms with Crippen LogP contribution < -0.4 is 15.8 Å². The lowest BCUT2D eigenvalue weighted by Gasteiger charge is -2.34. The van der Waals surface area contributed by atoms with Crippen LogP contribution in [-0.2, 0) is 9.53 Å². The van der Waals surface area contributed by atoms with E-state index in [1.165, 1.54) is 0 Å². The fourth-order valence-corrected chi connectivity index (χ4v) is 2.28. The van der Waals surface area contributed by atoms with Crippen LogP contribution in [0.3, 0.4) is 0 Å². The van der Waals surface area contributed by atoms with E-state index in [9.17, 15) is 4.79 Å². The standard InChI is InChI=1S/C16H24N2O3/c1-15(2,21-13-6-4-3-5-7-13)12-18-14(19)16(17)8-10-20-11-9-16/h3-7H,8-12,17H2,1-2H3,(H,18,19). The van der Waals surface area contributed by atoms with Crippen LogP contribution in [-0.4, -0.2) is 36.8 Å². The SMILES string of the molecule is CC(C)(CNC(=O)C1(N)CCOCC1)Oc1ccccc1. The molecule has 5 heteroatoms. The third kappa shape index (κ3) is 4.44. The van der Waals surface area contributed by atoms with Gasteiger partial charge in [0.05, 0.1) is 12.1 Å². The van der Waals surface area contributed by atoms with Gasteiger partial charge in [0.2, 0.25) is 5.91 Å². The Labute approximate surface area is 125 Å². The van der Waals surface area contributed by atoms with Crippen molar-refractivity contribution >= 4 is 5.91 Å². The van der Waals surface area contributed by atoms with Gasteiger partial charge in [-0.25, -0.2) is 0 Å². The Morgan fingerprint density at radius 1 is 1.33 bits per heavy atom. The molecular formula is C16H24N2O3. The molecule has 1 aromatic carbocycles. The maximum atomic E-state index is 12.3. The first-order valence-electron chi connectivity index (χ1n) is 7.30. The molecule has 3 N–H and O–H groups in total. The minimum absolute atomic E-state index is 0.129. The van der Waals surface area contributed by atoms with Gasteiger partial charge in [-0.05, 0) is 38.8 Å². The molecule has 1 aromatic rings. The first-order valence-corrected chi connectivity index (χ1v) is 7.30. The molecule has 0 unspecified atom stereocenters. The molecule has 0 bridgehead atoms. The zero-order valence-corrected chi connectivity index (χ0v) is 12.7. The fraction of sp³-hybridized carbons (Fsp3) is 0.562. The van der Waals surface area contributed by atoms with Gasteiger partial charge in [-0.2, -0.15) is 0 Å².